The maximum atomic E-state index is 13.3. The quantitative estimate of drug-likeness (QED) is 0.323. The Bertz CT molecular complexity index is 989. The van der Waals surface area contributed by atoms with Crippen LogP contribution < -0.4 is 10.8 Å². The largest absolute Gasteiger partial charge is 0.301 e. The number of nitrogens with one attached hydrogen (secondary N) is 2. The molecule has 1 amide bonds. The second-order valence-corrected chi connectivity index (χ2v) is 6.56. The van der Waals surface area contributed by atoms with Crippen LogP contribution in [0.25, 0.3) is 0 Å². The molecule has 2 aromatic heterocycles. The summed E-state index contributed by atoms with van der Waals surface area (Å²) in [5, 5.41) is 19.1. The molecular formula is C14H10BrFN6O3S. The van der Waals surface area contributed by atoms with Gasteiger partial charge in [-0.1, -0.05) is 0 Å². The maximum absolute atomic E-state index is 13.3. The van der Waals surface area contributed by atoms with Gasteiger partial charge in [0.2, 0.25) is 5.82 Å². The molecule has 2 heterocycles. The lowest BCUT2D eigenvalue weighted by molar-refractivity contribution is 0.102. The smallest absolute Gasteiger partial charge is 0.268 e. The van der Waals surface area contributed by atoms with Crippen molar-refractivity contribution in [2.75, 3.05) is 5.32 Å². The minimum Gasteiger partial charge on any atom is -0.301 e. The fraction of sp³-hybridized carbons (Fsp3) is 0.0714. The molecule has 0 saturated heterocycles. The molecule has 0 radical (unpaired) electrons. The lowest BCUT2D eigenvalue weighted by atomic mass is 10.3. The first-order valence-corrected chi connectivity index (χ1v) is 8.65. The van der Waals surface area contributed by atoms with Crippen LogP contribution in [0.15, 0.2) is 37.8 Å². The molecule has 0 aliphatic carbocycles. The number of carbonyl (C=O) groups excluding carboxylic acids is 1. The molecule has 0 fully saturated rings. The van der Waals surface area contributed by atoms with Gasteiger partial charge in [0, 0.05) is 0 Å². The van der Waals surface area contributed by atoms with Gasteiger partial charge in [-0.05, 0) is 51.4 Å². The number of thiazole rings is 1. The van der Waals surface area contributed by atoms with Crippen molar-refractivity contribution in [1.82, 2.24) is 20.8 Å². The molecule has 1 aromatic carbocycles. The van der Waals surface area contributed by atoms with E-state index < -0.39 is 11.7 Å². The maximum Gasteiger partial charge on any atom is 0.268 e. The Hall–Kier alpha value is -2.70. The van der Waals surface area contributed by atoms with E-state index in [1.807, 2.05) is 5.48 Å². The zero-order valence-corrected chi connectivity index (χ0v) is 15.4. The van der Waals surface area contributed by atoms with Gasteiger partial charge in [-0.15, -0.1) is 11.3 Å². The number of aryl methyl sites for hydroxylation is 1. The summed E-state index contributed by atoms with van der Waals surface area (Å²) in [4.78, 5) is 20.8. The number of aromatic nitrogens is 3. The van der Waals surface area contributed by atoms with E-state index >= 15 is 0 Å². The SMILES string of the molecule is Cc1ncsc1C(=O)Nc1nonc1C(=Nc1ccc(F)c(Br)c1)NO. The predicted octanol–water partition coefficient (Wildman–Crippen LogP) is 3.05. The van der Waals surface area contributed by atoms with Gasteiger partial charge in [-0.25, -0.2) is 19.0 Å². The number of anilines is 1. The Kier molecular flexibility index (Phi) is 5.35. The summed E-state index contributed by atoms with van der Waals surface area (Å²) < 4.78 is 18.1. The molecule has 26 heavy (non-hydrogen) atoms. The average Bonchev–Trinajstić information content (AvgIpc) is 3.24. The van der Waals surface area contributed by atoms with Crippen molar-refractivity contribution in [3.05, 3.63) is 50.3 Å². The number of amidine groups is 1. The lowest BCUT2D eigenvalue weighted by Crippen LogP contribution is -2.23. The molecule has 0 aliphatic rings. The van der Waals surface area contributed by atoms with Crippen LogP contribution in [0.1, 0.15) is 21.1 Å². The van der Waals surface area contributed by atoms with Crippen molar-refractivity contribution in [3.63, 3.8) is 0 Å². The topological polar surface area (TPSA) is 126 Å². The third-order valence-electron chi connectivity index (χ3n) is 3.15. The molecule has 134 valence electrons. The monoisotopic (exact) mass is 440 g/mol. The Morgan fingerprint density at radius 1 is 1.42 bits per heavy atom. The highest BCUT2D eigenvalue weighted by atomic mass is 79.9. The number of hydrogen-bond donors (Lipinski definition) is 3. The van der Waals surface area contributed by atoms with E-state index in [1.165, 1.54) is 29.5 Å². The molecule has 0 aliphatic heterocycles. The molecule has 0 atom stereocenters. The van der Waals surface area contributed by atoms with Crippen molar-refractivity contribution < 1.29 is 19.0 Å². The average molecular weight is 441 g/mol. The summed E-state index contributed by atoms with van der Waals surface area (Å²) in [5.41, 5.74) is 4.25. The summed E-state index contributed by atoms with van der Waals surface area (Å²) in [5.74, 6) is -1.12. The van der Waals surface area contributed by atoms with E-state index in [-0.39, 0.29) is 21.8 Å². The first kappa shape index (κ1) is 18.1. The number of hydrogen-bond acceptors (Lipinski definition) is 8. The number of hydroxylamine groups is 1. The third kappa shape index (κ3) is 3.76. The molecular weight excluding hydrogens is 431 g/mol. The zero-order valence-electron chi connectivity index (χ0n) is 13.0. The van der Waals surface area contributed by atoms with Gasteiger partial charge in [-0.2, -0.15) is 0 Å². The van der Waals surface area contributed by atoms with Crippen molar-refractivity contribution in [2.24, 2.45) is 4.99 Å². The highest BCUT2D eigenvalue weighted by molar-refractivity contribution is 9.10. The Morgan fingerprint density at radius 3 is 2.88 bits per heavy atom. The van der Waals surface area contributed by atoms with Crippen LogP contribution in [0.5, 0.6) is 0 Å². The summed E-state index contributed by atoms with van der Waals surface area (Å²) in [7, 11) is 0. The minimum absolute atomic E-state index is 0.0385. The molecule has 3 rings (SSSR count). The first-order chi connectivity index (χ1) is 12.5. The highest BCUT2D eigenvalue weighted by Crippen LogP contribution is 2.23. The Morgan fingerprint density at radius 2 is 2.23 bits per heavy atom. The number of aliphatic imine (C=N–C) groups is 1. The minimum atomic E-state index is -0.460. The summed E-state index contributed by atoms with van der Waals surface area (Å²) in [6.07, 6.45) is 0. The van der Waals surface area contributed by atoms with E-state index in [2.05, 4.69) is 46.2 Å². The first-order valence-electron chi connectivity index (χ1n) is 6.97. The Balaban J connectivity index is 1.90. The predicted molar refractivity (Wildman–Crippen MR) is 94.3 cm³/mol. The third-order valence-corrected chi connectivity index (χ3v) is 4.68. The molecule has 3 N–H and O–H groups in total. The molecule has 9 nitrogen and oxygen atoms in total. The van der Waals surface area contributed by atoms with Crippen LogP contribution in [0.4, 0.5) is 15.9 Å². The Labute approximate surface area is 158 Å². The summed E-state index contributed by atoms with van der Waals surface area (Å²) in [6.45, 7) is 1.70. The van der Waals surface area contributed by atoms with E-state index in [1.54, 1.807) is 12.4 Å². The summed E-state index contributed by atoms with van der Waals surface area (Å²) in [6, 6.07) is 4.00. The fourth-order valence-corrected chi connectivity index (χ4v) is 2.99. The van der Waals surface area contributed by atoms with E-state index in [0.29, 0.717) is 16.3 Å². The standard InChI is InChI=1S/C14H10BrFN6O3S/c1-6-11(26-5-17-6)14(23)19-13-10(21-25-22-13)12(20-24)18-7-2-3-9(16)8(15)4-7/h2-5,24H,1H3,(H,18,20)(H,19,22,23). The highest BCUT2D eigenvalue weighted by Gasteiger charge is 2.21. The van der Waals surface area contributed by atoms with Gasteiger partial charge in [0.1, 0.15) is 10.7 Å². The molecule has 0 spiro atoms. The molecule has 12 heteroatoms. The zero-order chi connectivity index (χ0) is 18.7. The number of amides is 1. The van der Waals surface area contributed by atoms with Crippen LogP contribution in [0.2, 0.25) is 0 Å². The van der Waals surface area contributed by atoms with Crippen molar-refractivity contribution in [1.29, 1.82) is 0 Å². The number of benzene rings is 1. The molecule has 0 saturated carbocycles. The van der Waals surface area contributed by atoms with Crippen LogP contribution in [0.3, 0.4) is 0 Å². The van der Waals surface area contributed by atoms with Gasteiger partial charge < -0.3 is 5.32 Å². The second kappa shape index (κ2) is 7.68. The fourth-order valence-electron chi connectivity index (χ4n) is 1.92. The van der Waals surface area contributed by atoms with Gasteiger partial charge in [0.05, 0.1) is 21.4 Å². The van der Waals surface area contributed by atoms with Crippen molar-refractivity contribution in [3.8, 4) is 0 Å². The molecule has 0 unspecified atom stereocenters. The van der Waals surface area contributed by atoms with E-state index in [0.717, 1.165) is 0 Å². The number of nitrogens with zero attached hydrogens (tertiary/aromatic N) is 4. The summed E-state index contributed by atoms with van der Waals surface area (Å²) >= 11 is 4.21. The normalized spacial score (nSPS) is 11.5. The van der Waals surface area contributed by atoms with Crippen molar-refractivity contribution >= 4 is 50.5 Å². The number of rotatable bonds is 4. The van der Waals surface area contributed by atoms with Gasteiger partial charge >= 0.3 is 0 Å². The number of halogens is 2. The molecule has 3 aromatic rings. The van der Waals surface area contributed by atoms with Crippen LogP contribution in [0, 0.1) is 12.7 Å². The van der Waals surface area contributed by atoms with E-state index in [4.69, 9.17) is 0 Å². The van der Waals surface area contributed by atoms with Crippen LogP contribution in [-0.2, 0) is 0 Å². The second-order valence-electron chi connectivity index (χ2n) is 4.85. The number of carbonyl (C=O) groups is 1. The van der Waals surface area contributed by atoms with Gasteiger partial charge in [0.15, 0.2) is 11.5 Å². The van der Waals surface area contributed by atoms with Crippen LogP contribution in [-0.4, -0.2) is 32.2 Å². The van der Waals surface area contributed by atoms with E-state index in [9.17, 15) is 14.4 Å². The van der Waals surface area contributed by atoms with Crippen LogP contribution >= 0.6 is 27.3 Å². The van der Waals surface area contributed by atoms with Crippen molar-refractivity contribution in [2.45, 2.75) is 6.92 Å². The van der Waals surface area contributed by atoms with Gasteiger partial charge in [0.25, 0.3) is 5.91 Å². The lowest BCUT2D eigenvalue weighted by Gasteiger charge is -2.05. The van der Waals surface area contributed by atoms with Gasteiger partial charge in [-0.3, -0.25) is 15.5 Å². The molecule has 0 bridgehead atoms.